The number of hydrogen-bond acceptors (Lipinski definition) is 4. The number of hydrogen-bond donors (Lipinski definition) is 1. The third-order valence-electron chi connectivity index (χ3n) is 4.21. The topological polar surface area (TPSA) is 86.4 Å². The van der Waals surface area contributed by atoms with Gasteiger partial charge in [-0.25, -0.2) is 17.1 Å². The number of rotatable bonds is 3. The Hall–Kier alpha value is -2.26. The van der Waals surface area contributed by atoms with Crippen molar-refractivity contribution < 1.29 is 17.6 Å². The molecular weight excluding hydrogens is 347 g/mol. The molecule has 1 N–H and O–H groups in total. The van der Waals surface area contributed by atoms with Crippen molar-refractivity contribution in [2.45, 2.75) is 6.42 Å². The minimum Gasteiger partial charge on any atom is -0.337 e. The van der Waals surface area contributed by atoms with Crippen molar-refractivity contribution in [1.29, 1.82) is 0 Å². The number of halogens is 1. The monoisotopic (exact) mass is 366 g/mol. The molecule has 0 unspecified atom stereocenters. The number of amides is 1. The molecule has 2 heterocycles. The SMILES string of the molecule is CS(=O)(=O)N1CCCN(C(=O)c2cn[nH]c2-c2ccc(F)cc2)CC1. The smallest absolute Gasteiger partial charge is 0.257 e. The van der Waals surface area contributed by atoms with Crippen LogP contribution in [-0.2, 0) is 10.0 Å². The van der Waals surface area contributed by atoms with Gasteiger partial charge < -0.3 is 4.90 Å². The largest absolute Gasteiger partial charge is 0.337 e. The summed E-state index contributed by atoms with van der Waals surface area (Å²) in [5.74, 6) is -0.576. The number of nitrogens with zero attached hydrogens (tertiary/aromatic N) is 3. The minimum atomic E-state index is -3.27. The summed E-state index contributed by atoms with van der Waals surface area (Å²) in [5.41, 5.74) is 1.57. The molecule has 1 saturated heterocycles. The van der Waals surface area contributed by atoms with Gasteiger partial charge in [0, 0.05) is 31.7 Å². The Bertz CT molecular complexity index is 864. The van der Waals surface area contributed by atoms with Gasteiger partial charge in [-0.1, -0.05) is 0 Å². The van der Waals surface area contributed by atoms with Crippen LogP contribution < -0.4 is 0 Å². The Morgan fingerprint density at radius 2 is 1.88 bits per heavy atom. The summed E-state index contributed by atoms with van der Waals surface area (Å²) in [5, 5.41) is 6.73. The Balaban J connectivity index is 1.80. The molecule has 0 saturated carbocycles. The highest BCUT2D eigenvalue weighted by molar-refractivity contribution is 7.88. The number of sulfonamides is 1. The summed E-state index contributed by atoms with van der Waals surface area (Å²) >= 11 is 0. The van der Waals surface area contributed by atoms with Gasteiger partial charge in [0.1, 0.15) is 5.82 Å². The lowest BCUT2D eigenvalue weighted by Gasteiger charge is -2.21. The fraction of sp³-hybridized carbons (Fsp3) is 0.375. The highest BCUT2D eigenvalue weighted by Crippen LogP contribution is 2.23. The molecule has 1 aliphatic heterocycles. The molecule has 1 aromatic heterocycles. The summed E-state index contributed by atoms with van der Waals surface area (Å²) in [7, 11) is -3.27. The van der Waals surface area contributed by atoms with Crippen LogP contribution in [0, 0.1) is 5.82 Å². The summed E-state index contributed by atoms with van der Waals surface area (Å²) in [6.45, 7) is 1.46. The standard InChI is InChI=1S/C16H19FN4O3S/c1-25(23,24)21-8-2-7-20(9-10-21)16(22)14-11-18-19-15(14)12-3-5-13(17)6-4-12/h3-6,11H,2,7-10H2,1H3,(H,18,19). The highest BCUT2D eigenvalue weighted by Gasteiger charge is 2.26. The molecule has 134 valence electrons. The van der Waals surface area contributed by atoms with Gasteiger partial charge in [0.15, 0.2) is 0 Å². The van der Waals surface area contributed by atoms with Gasteiger partial charge in [-0.3, -0.25) is 9.89 Å². The second-order valence-electron chi connectivity index (χ2n) is 5.97. The van der Waals surface area contributed by atoms with Crippen LogP contribution in [0.1, 0.15) is 16.8 Å². The fourth-order valence-electron chi connectivity index (χ4n) is 2.88. The van der Waals surface area contributed by atoms with E-state index in [4.69, 9.17) is 0 Å². The Labute approximate surface area is 145 Å². The van der Waals surface area contributed by atoms with E-state index in [1.165, 1.54) is 28.9 Å². The van der Waals surface area contributed by atoms with E-state index >= 15 is 0 Å². The molecule has 9 heteroatoms. The lowest BCUT2D eigenvalue weighted by atomic mass is 10.1. The molecule has 2 aromatic rings. The van der Waals surface area contributed by atoms with Crippen molar-refractivity contribution in [1.82, 2.24) is 19.4 Å². The van der Waals surface area contributed by atoms with E-state index in [1.54, 1.807) is 17.0 Å². The van der Waals surface area contributed by atoms with Crippen LogP contribution >= 0.6 is 0 Å². The fourth-order valence-corrected chi connectivity index (χ4v) is 3.76. The van der Waals surface area contributed by atoms with Crippen LogP contribution in [-0.4, -0.2) is 66.2 Å². The van der Waals surface area contributed by atoms with E-state index in [1.807, 2.05) is 0 Å². The number of carbonyl (C=O) groups is 1. The first-order chi connectivity index (χ1) is 11.9. The van der Waals surface area contributed by atoms with Crippen molar-refractivity contribution in [3.8, 4) is 11.3 Å². The zero-order chi connectivity index (χ0) is 18.0. The van der Waals surface area contributed by atoms with E-state index in [0.717, 1.165) is 0 Å². The number of benzene rings is 1. The molecule has 0 bridgehead atoms. The second-order valence-corrected chi connectivity index (χ2v) is 7.96. The summed E-state index contributed by atoms with van der Waals surface area (Å²) in [6.07, 6.45) is 3.19. The average Bonchev–Trinajstić information content (AvgIpc) is 2.90. The van der Waals surface area contributed by atoms with Gasteiger partial charge in [-0.2, -0.15) is 5.10 Å². The van der Waals surface area contributed by atoms with Crippen molar-refractivity contribution in [2.75, 3.05) is 32.4 Å². The van der Waals surface area contributed by atoms with Crippen molar-refractivity contribution in [2.24, 2.45) is 0 Å². The van der Waals surface area contributed by atoms with Crippen LogP contribution in [0.3, 0.4) is 0 Å². The molecule has 0 spiro atoms. The van der Waals surface area contributed by atoms with Gasteiger partial charge in [-0.15, -0.1) is 0 Å². The Kier molecular flexibility index (Phi) is 4.87. The van der Waals surface area contributed by atoms with Crippen molar-refractivity contribution in [3.63, 3.8) is 0 Å². The highest BCUT2D eigenvalue weighted by atomic mass is 32.2. The number of aromatic amines is 1. The summed E-state index contributed by atoms with van der Waals surface area (Å²) < 4.78 is 37.9. The van der Waals surface area contributed by atoms with Crippen LogP contribution in [0.25, 0.3) is 11.3 Å². The maximum absolute atomic E-state index is 13.1. The van der Waals surface area contributed by atoms with Gasteiger partial charge in [0.25, 0.3) is 5.91 Å². The minimum absolute atomic E-state index is 0.219. The number of carbonyl (C=O) groups excluding carboxylic acids is 1. The van der Waals surface area contributed by atoms with Gasteiger partial charge in [0.2, 0.25) is 10.0 Å². The van der Waals surface area contributed by atoms with Gasteiger partial charge >= 0.3 is 0 Å². The molecule has 0 radical (unpaired) electrons. The first kappa shape index (κ1) is 17.6. The molecule has 1 fully saturated rings. The lowest BCUT2D eigenvalue weighted by molar-refractivity contribution is 0.0765. The maximum atomic E-state index is 13.1. The van der Waals surface area contributed by atoms with E-state index in [0.29, 0.717) is 42.9 Å². The molecule has 0 aliphatic carbocycles. The number of nitrogens with one attached hydrogen (secondary N) is 1. The molecule has 1 aliphatic rings. The third-order valence-corrected chi connectivity index (χ3v) is 5.52. The second kappa shape index (κ2) is 6.93. The Morgan fingerprint density at radius 1 is 1.16 bits per heavy atom. The van der Waals surface area contributed by atoms with E-state index in [9.17, 15) is 17.6 Å². The van der Waals surface area contributed by atoms with Crippen molar-refractivity contribution >= 4 is 15.9 Å². The quantitative estimate of drug-likeness (QED) is 0.888. The maximum Gasteiger partial charge on any atom is 0.257 e. The van der Waals surface area contributed by atoms with E-state index < -0.39 is 10.0 Å². The molecule has 7 nitrogen and oxygen atoms in total. The molecule has 25 heavy (non-hydrogen) atoms. The van der Waals surface area contributed by atoms with Gasteiger partial charge in [-0.05, 0) is 30.7 Å². The first-order valence-corrected chi connectivity index (χ1v) is 9.75. The molecule has 3 rings (SSSR count). The van der Waals surface area contributed by atoms with E-state index in [-0.39, 0.29) is 18.3 Å². The molecule has 1 amide bonds. The molecular formula is C16H19FN4O3S. The Morgan fingerprint density at radius 3 is 2.56 bits per heavy atom. The summed E-state index contributed by atoms with van der Waals surface area (Å²) in [6, 6.07) is 5.79. The first-order valence-electron chi connectivity index (χ1n) is 7.90. The van der Waals surface area contributed by atoms with Crippen LogP contribution in [0.15, 0.2) is 30.5 Å². The molecule has 0 atom stereocenters. The van der Waals surface area contributed by atoms with Crippen molar-refractivity contribution in [3.05, 3.63) is 41.8 Å². The predicted molar refractivity (Wildman–Crippen MR) is 90.9 cm³/mol. The number of aromatic nitrogens is 2. The van der Waals surface area contributed by atoms with Crippen LogP contribution in [0.5, 0.6) is 0 Å². The zero-order valence-electron chi connectivity index (χ0n) is 13.8. The van der Waals surface area contributed by atoms with Gasteiger partial charge in [0.05, 0.1) is 23.7 Å². The number of H-pyrrole nitrogens is 1. The van der Waals surface area contributed by atoms with Crippen LogP contribution in [0.2, 0.25) is 0 Å². The lowest BCUT2D eigenvalue weighted by Crippen LogP contribution is -2.37. The average molecular weight is 366 g/mol. The van der Waals surface area contributed by atoms with E-state index in [2.05, 4.69) is 10.2 Å². The predicted octanol–water partition coefficient (Wildman–Crippen LogP) is 1.32. The zero-order valence-corrected chi connectivity index (χ0v) is 14.6. The normalized spacial score (nSPS) is 16.6. The summed E-state index contributed by atoms with van der Waals surface area (Å²) in [4.78, 5) is 14.5. The third kappa shape index (κ3) is 3.88. The molecule has 1 aromatic carbocycles. The van der Waals surface area contributed by atoms with Crippen LogP contribution in [0.4, 0.5) is 4.39 Å².